The molecule has 0 radical (unpaired) electrons. The number of sulfonamides is 1. The highest BCUT2D eigenvalue weighted by molar-refractivity contribution is 7.90. The molecule has 1 saturated heterocycles. The van der Waals surface area contributed by atoms with Gasteiger partial charge in [0.15, 0.2) is 0 Å². The Bertz CT molecular complexity index is 342. The van der Waals surface area contributed by atoms with E-state index in [0.717, 1.165) is 18.9 Å². The second-order valence-electron chi connectivity index (χ2n) is 5.80. The van der Waals surface area contributed by atoms with E-state index in [4.69, 9.17) is 0 Å². The summed E-state index contributed by atoms with van der Waals surface area (Å²) < 4.78 is 26.9. The summed E-state index contributed by atoms with van der Waals surface area (Å²) in [7, 11) is -3.09. The fraction of sp³-hybridized carbons (Fsp3) is 1.00. The van der Waals surface area contributed by atoms with Crippen LogP contribution in [0.15, 0.2) is 0 Å². The van der Waals surface area contributed by atoms with Crippen LogP contribution in [0.1, 0.15) is 45.4 Å². The smallest absolute Gasteiger partial charge is 0.215 e. The van der Waals surface area contributed by atoms with E-state index < -0.39 is 10.0 Å². The van der Waals surface area contributed by atoms with Crippen LogP contribution >= 0.6 is 0 Å². The number of rotatable bonds is 5. The molecule has 5 heteroatoms. The molecule has 2 rings (SSSR count). The van der Waals surface area contributed by atoms with Gasteiger partial charge in [0.25, 0.3) is 0 Å². The minimum absolute atomic E-state index is 0.218. The lowest BCUT2D eigenvalue weighted by Crippen LogP contribution is -2.38. The van der Waals surface area contributed by atoms with E-state index in [1.807, 2.05) is 0 Å². The molecule has 2 N–H and O–H groups in total. The van der Waals surface area contributed by atoms with Crippen molar-refractivity contribution < 1.29 is 8.42 Å². The van der Waals surface area contributed by atoms with Crippen LogP contribution in [0.4, 0.5) is 0 Å². The molecule has 1 unspecified atom stereocenters. The van der Waals surface area contributed by atoms with Crippen molar-refractivity contribution in [2.24, 2.45) is 11.8 Å². The molecule has 2 aliphatic rings. The van der Waals surface area contributed by atoms with E-state index in [0.29, 0.717) is 19.0 Å². The lowest BCUT2D eigenvalue weighted by Gasteiger charge is -2.28. The molecule has 1 aliphatic carbocycles. The van der Waals surface area contributed by atoms with Crippen LogP contribution in [-0.4, -0.2) is 33.3 Å². The fourth-order valence-corrected chi connectivity index (χ4v) is 4.56. The summed E-state index contributed by atoms with van der Waals surface area (Å²) in [6.45, 7) is 4.33. The van der Waals surface area contributed by atoms with E-state index in [2.05, 4.69) is 17.0 Å². The SMILES string of the molecule is CCC1CCC(CNS(=O)(=O)C2CCNC2)CC1. The zero-order valence-electron chi connectivity index (χ0n) is 11.3. The molecule has 1 saturated carbocycles. The second kappa shape index (κ2) is 6.35. The molecule has 0 bridgehead atoms. The maximum atomic E-state index is 12.0. The van der Waals surface area contributed by atoms with Crippen LogP contribution in [0, 0.1) is 11.8 Å². The molecular formula is C13H26N2O2S. The lowest BCUT2D eigenvalue weighted by molar-refractivity contribution is 0.270. The van der Waals surface area contributed by atoms with Crippen LogP contribution in [0.2, 0.25) is 0 Å². The van der Waals surface area contributed by atoms with Crippen molar-refractivity contribution in [2.75, 3.05) is 19.6 Å². The molecule has 1 atom stereocenters. The van der Waals surface area contributed by atoms with Gasteiger partial charge in [-0.1, -0.05) is 26.2 Å². The minimum Gasteiger partial charge on any atom is -0.315 e. The Morgan fingerprint density at radius 1 is 1.11 bits per heavy atom. The lowest BCUT2D eigenvalue weighted by atomic mass is 9.81. The van der Waals surface area contributed by atoms with Gasteiger partial charge in [-0.3, -0.25) is 0 Å². The predicted octanol–water partition coefficient (Wildman–Crippen LogP) is 1.48. The van der Waals surface area contributed by atoms with Crippen molar-refractivity contribution in [2.45, 2.75) is 50.7 Å². The first-order valence-corrected chi connectivity index (χ1v) is 8.85. The van der Waals surface area contributed by atoms with Crippen molar-refractivity contribution >= 4 is 10.0 Å². The summed E-state index contributed by atoms with van der Waals surface area (Å²) in [5.41, 5.74) is 0. The molecule has 4 nitrogen and oxygen atoms in total. The zero-order chi connectivity index (χ0) is 13.0. The van der Waals surface area contributed by atoms with Crippen LogP contribution in [0.25, 0.3) is 0 Å². The first kappa shape index (κ1) is 14.3. The molecule has 0 aromatic heterocycles. The van der Waals surface area contributed by atoms with Gasteiger partial charge in [0.05, 0.1) is 5.25 Å². The van der Waals surface area contributed by atoms with E-state index in [1.54, 1.807) is 0 Å². The third-order valence-corrected chi connectivity index (χ3v) is 6.42. The van der Waals surface area contributed by atoms with Gasteiger partial charge in [0.1, 0.15) is 0 Å². The Morgan fingerprint density at radius 3 is 2.33 bits per heavy atom. The average Bonchev–Trinajstić information content (AvgIpc) is 2.92. The highest BCUT2D eigenvalue weighted by Crippen LogP contribution is 2.30. The van der Waals surface area contributed by atoms with Gasteiger partial charge in [-0.25, -0.2) is 13.1 Å². The van der Waals surface area contributed by atoms with Gasteiger partial charge >= 0.3 is 0 Å². The molecule has 1 heterocycles. The van der Waals surface area contributed by atoms with Crippen LogP contribution in [-0.2, 0) is 10.0 Å². The Labute approximate surface area is 111 Å². The van der Waals surface area contributed by atoms with Gasteiger partial charge in [-0.05, 0) is 37.6 Å². The monoisotopic (exact) mass is 274 g/mol. The normalized spacial score (nSPS) is 33.7. The largest absolute Gasteiger partial charge is 0.315 e. The van der Waals surface area contributed by atoms with Crippen LogP contribution in [0.5, 0.6) is 0 Å². The third kappa shape index (κ3) is 3.68. The predicted molar refractivity (Wildman–Crippen MR) is 73.9 cm³/mol. The van der Waals surface area contributed by atoms with Crippen LogP contribution in [0.3, 0.4) is 0 Å². The van der Waals surface area contributed by atoms with Crippen molar-refractivity contribution in [1.82, 2.24) is 10.0 Å². The second-order valence-corrected chi connectivity index (χ2v) is 7.85. The molecule has 2 fully saturated rings. The van der Waals surface area contributed by atoms with Gasteiger partial charge in [0, 0.05) is 13.1 Å². The fourth-order valence-electron chi connectivity index (χ4n) is 3.09. The maximum Gasteiger partial charge on any atom is 0.215 e. The first-order chi connectivity index (χ1) is 8.62. The standard InChI is InChI=1S/C13H26N2O2S/c1-2-11-3-5-12(6-4-11)9-15-18(16,17)13-7-8-14-10-13/h11-15H,2-10H2,1H3. The summed E-state index contributed by atoms with van der Waals surface area (Å²) in [6.07, 6.45) is 6.93. The Balaban J connectivity index is 1.74. The third-order valence-electron chi connectivity index (χ3n) is 4.57. The number of hydrogen-bond acceptors (Lipinski definition) is 3. The summed E-state index contributed by atoms with van der Waals surface area (Å²) in [5, 5.41) is 2.89. The molecule has 0 aromatic carbocycles. The van der Waals surface area contributed by atoms with Crippen LogP contribution < -0.4 is 10.0 Å². The van der Waals surface area contributed by atoms with Crippen molar-refractivity contribution in [1.29, 1.82) is 0 Å². The van der Waals surface area contributed by atoms with Gasteiger partial charge in [-0.2, -0.15) is 0 Å². The van der Waals surface area contributed by atoms with Gasteiger partial charge < -0.3 is 5.32 Å². The van der Waals surface area contributed by atoms with E-state index in [9.17, 15) is 8.42 Å². The van der Waals surface area contributed by atoms with E-state index in [1.165, 1.54) is 32.1 Å². The summed E-state index contributed by atoms with van der Waals surface area (Å²) in [6, 6.07) is 0. The van der Waals surface area contributed by atoms with E-state index >= 15 is 0 Å². The summed E-state index contributed by atoms with van der Waals surface area (Å²) in [5.74, 6) is 1.42. The Kier molecular flexibility index (Phi) is 5.04. The molecule has 0 amide bonds. The minimum atomic E-state index is -3.09. The average molecular weight is 274 g/mol. The van der Waals surface area contributed by atoms with Crippen molar-refractivity contribution in [3.8, 4) is 0 Å². The molecular weight excluding hydrogens is 248 g/mol. The topological polar surface area (TPSA) is 58.2 Å². The Morgan fingerprint density at radius 2 is 1.78 bits per heavy atom. The number of nitrogens with one attached hydrogen (secondary N) is 2. The molecule has 0 aromatic rings. The Hall–Kier alpha value is -0.130. The van der Waals surface area contributed by atoms with Gasteiger partial charge in [0.2, 0.25) is 10.0 Å². The zero-order valence-corrected chi connectivity index (χ0v) is 12.1. The number of hydrogen-bond donors (Lipinski definition) is 2. The molecule has 106 valence electrons. The quantitative estimate of drug-likeness (QED) is 0.798. The molecule has 1 aliphatic heterocycles. The molecule has 0 spiro atoms. The summed E-state index contributed by atoms with van der Waals surface area (Å²) in [4.78, 5) is 0. The van der Waals surface area contributed by atoms with Crippen molar-refractivity contribution in [3.63, 3.8) is 0 Å². The highest BCUT2D eigenvalue weighted by atomic mass is 32.2. The maximum absolute atomic E-state index is 12.0. The van der Waals surface area contributed by atoms with E-state index in [-0.39, 0.29) is 5.25 Å². The van der Waals surface area contributed by atoms with Gasteiger partial charge in [-0.15, -0.1) is 0 Å². The molecule has 18 heavy (non-hydrogen) atoms. The highest BCUT2D eigenvalue weighted by Gasteiger charge is 2.29. The summed E-state index contributed by atoms with van der Waals surface area (Å²) >= 11 is 0. The van der Waals surface area contributed by atoms with Crippen molar-refractivity contribution in [3.05, 3.63) is 0 Å². The first-order valence-electron chi connectivity index (χ1n) is 7.31.